The summed E-state index contributed by atoms with van der Waals surface area (Å²) in [6.07, 6.45) is 5.00. The molecule has 0 spiro atoms. The highest BCUT2D eigenvalue weighted by Gasteiger charge is 2.19. The van der Waals surface area contributed by atoms with Gasteiger partial charge in [-0.25, -0.2) is 9.50 Å². The fraction of sp³-hybridized carbons (Fsp3) is 0.286. The first-order valence-electron chi connectivity index (χ1n) is 6.96. The van der Waals surface area contributed by atoms with Crippen LogP contribution in [-0.4, -0.2) is 42.2 Å². The molecule has 0 saturated heterocycles. The van der Waals surface area contributed by atoms with Gasteiger partial charge in [-0.15, -0.1) is 0 Å². The monoisotopic (exact) mass is 396 g/mol. The fourth-order valence-corrected chi connectivity index (χ4v) is 2.77. The molecule has 1 amide bonds. The van der Waals surface area contributed by atoms with Gasteiger partial charge in [-0.05, 0) is 22.9 Å². The average molecular weight is 398 g/mol. The summed E-state index contributed by atoms with van der Waals surface area (Å²) in [5.41, 5.74) is 1.74. The third-order valence-corrected chi connectivity index (χ3v) is 4.16. The molecule has 0 fully saturated rings. The van der Waals surface area contributed by atoms with E-state index in [0.717, 1.165) is 10.2 Å². The van der Waals surface area contributed by atoms with Crippen LogP contribution in [0, 0.1) is 0 Å². The van der Waals surface area contributed by atoms with Crippen molar-refractivity contribution in [3.63, 3.8) is 0 Å². The molecule has 3 aromatic heterocycles. The van der Waals surface area contributed by atoms with Crippen LogP contribution in [0.5, 0.6) is 0 Å². The van der Waals surface area contributed by atoms with Crippen molar-refractivity contribution in [1.82, 2.24) is 29.3 Å². The van der Waals surface area contributed by atoms with Gasteiger partial charge in [0.2, 0.25) is 0 Å². The lowest BCUT2D eigenvalue weighted by Crippen LogP contribution is -2.28. The van der Waals surface area contributed by atoms with Crippen LogP contribution in [0.3, 0.4) is 0 Å². The summed E-state index contributed by atoms with van der Waals surface area (Å²) < 4.78 is 4.13. The minimum Gasteiger partial charge on any atom is -0.334 e. The number of fused-ring (bicyclic) bond motifs is 1. The number of amides is 1. The van der Waals surface area contributed by atoms with E-state index in [-0.39, 0.29) is 5.91 Å². The number of hydrogen-bond acceptors (Lipinski definition) is 4. The topological polar surface area (TPSA) is 68.3 Å². The van der Waals surface area contributed by atoms with E-state index in [9.17, 15) is 4.79 Å². The Hall–Kier alpha value is -1.93. The quantitative estimate of drug-likeness (QED) is 0.679. The summed E-state index contributed by atoms with van der Waals surface area (Å²) in [6.45, 7) is 3.02. The molecule has 0 aliphatic rings. The SMILES string of the molecule is CCn1ncc(Cl)c1CN(C)C(=O)c1cc2ncc(Br)cn2n1. The first-order chi connectivity index (χ1) is 11.0. The molecular weight excluding hydrogens is 384 g/mol. The Balaban J connectivity index is 1.84. The first-order valence-corrected chi connectivity index (χ1v) is 8.13. The summed E-state index contributed by atoms with van der Waals surface area (Å²) in [4.78, 5) is 18.3. The van der Waals surface area contributed by atoms with Crippen molar-refractivity contribution in [2.24, 2.45) is 0 Å². The summed E-state index contributed by atoms with van der Waals surface area (Å²) in [5.74, 6) is -0.202. The molecule has 0 unspecified atom stereocenters. The van der Waals surface area contributed by atoms with Gasteiger partial charge in [0.15, 0.2) is 11.3 Å². The fourth-order valence-electron chi connectivity index (χ4n) is 2.27. The molecule has 0 N–H and O–H groups in total. The van der Waals surface area contributed by atoms with Crippen molar-refractivity contribution in [1.29, 1.82) is 0 Å². The third-order valence-electron chi connectivity index (χ3n) is 3.43. The highest BCUT2D eigenvalue weighted by atomic mass is 79.9. The molecule has 9 heteroatoms. The normalized spacial score (nSPS) is 11.1. The predicted octanol–water partition coefficient (Wildman–Crippen LogP) is 2.63. The lowest BCUT2D eigenvalue weighted by Gasteiger charge is -2.16. The maximum Gasteiger partial charge on any atom is 0.274 e. The molecule has 3 aromatic rings. The predicted molar refractivity (Wildman–Crippen MR) is 89.4 cm³/mol. The van der Waals surface area contributed by atoms with Gasteiger partial charge < -0.3 is 4.90 Å². The number of halogens is 2. The van der Waals surface area contributed by atoms with E-state index in [2.05, 4.69) is 31.1 Å². The van der Waals surface area contributed by atoms with Gasteiger partial charge in [0, 0.05) is 32.1 Å². The second kappa shape index (κ2) is 6.29. The molecule has 3 heterocycles. The Morgan fingerprint density at radius 1 is 1.43 bits per heavy atom. The summed E-state index contributed by atoms with van der Waals surface area (Å²) in [7, 11) is 1.71. The van der Waals surface area contributed by atoms with E-state index >= 15 is 0 Å². The maximum absolute atomic E-state index is 12.6. The van der Waals surface area contributed by atoms with E-state index in [0.29, 0.717) is 29.5 Å². The Kier molecular flexibility index (Phi) is 4.36. The minimum atomic E-state index is -0.202. The van der Waals surface area contributed by atoms with E-state index < -0.39 is 0 Å². The van der Waals surface area contributed by atoms with Gasteiger partial charge in [0.05, 0.1) is 27.9 Å². The van der Waals surface area contributed by atoms with Crippen molar-refractivity contribution in [3.05, 3.63) is 45.5 Å². The molecular formula is C14H14BrClN6O. The van der Waals surface area contributed by atoms with Gasteiger partial charge in [-0.3, -0.25) is 9.48 Å². The van der Waals surface area contributed by atoms with Gasteiger partial charge in [0.25, 0.3) is 5.91 Å². The molecule has 0 aliphatic heterocycles. The van der Waals surface area contributed by atoms with Crippen LogP contribution in [-0.2, 0) is 13.1 Å². The molecule has 0 atom stereocenters. The van der Waals surface area contributed by atoms with Crippen LogP contribution in [0.1, 0.15) is 23.1 Å². The third kappa shape index (κ3) is 3.09. The van der Waals surface area contributed by atoms with E-state index in [1.165, 1.54) is 0 Å². The largest absolute Gasteiger partial charge is 0.334 e. The summed E-state index contributed by atoms with van der Waals surface area (Å²) in [6, 6.07) is 1.66. The second-order valence-electron chi connectivity index (χ2n) is 5.02. The number of carbonyl (C=O) groups is 1. The van der Waals surface area contributed by atoms with E-state index in [1.807, 2.05) is 6.92 Å². The molecule has 0 aliphatic carbocycles. The zero-order chi connectivity index (χ0) is 16.6. The smallest absolute Gasteiger partial charge is 0.274 e. The molecule has 0 saturated carbocycles. The van der Waals surface area contributed by atoms with Gasteiger partial charge in [0.1, 0.15) is 0 Å². The zero-order valence-electron chi connectivity index (χ0n) is 12.6. The van der Waals surface area contributed by atoms with Crippen LogP contribution in [0.15, 0.2) is 29.1 Å². The minimum absolute atomic E-state index is 0.202. The maximum atomic E-state index is 12.6. The lowest BCUT2D eigenvalue weighted by molar-refractivity contribution is 0.0775. The van der Waals surface area contributed by atoms with Crippen LogP contribution < -0.4 is 0 Å². The molecule has 23 heavy (non-hydrogen) atoms. The molecule has 0 radical (unpaired) electrons. The zero-order valence-corrected chi connectivity index (χ0v) is 14.9. The van der Waals surface area contributed by atoms with Crippen LogP contribution in [0.4, 0.5) is 0 Å². The summed E-state index contributed by atoms with van der Waals surface area (Å²) >= 11 is 9.47. The van der Waals surface area contributed by atoms with Crippen molar-refractivity contribution in [2.45, 2.75) is 20.0 Å². The first kappa shape index (κ1) is 15.9. The van der Waals surface area contributed by atoms with Crippen molar-refractivity contribution in [2.75, 3.05) is 7.05 Å². The Labute approximate surface area is 146 Å². The molecule has 7 nitrogen and oxygen atoms in total. The number of aromatic nitrogens is 5. The molecule has 0 bridgehead atoms. The lowest BCUT2D eigenvalue weighted by atomic mass is 10.3. The number of aryl methyl sites for hydroxylation is 1. The van der Waals surface area contributed by atoms with Gasteiger partial charge in [-0.2, -0.15) is 10.2 Å². The molecule has 120 valence electrons. The van der Waals surface area contributed by atoms with Crippen molar-refractivity contribution >= 4 is 39.1 Å². The number of rotatable bonds is 4. The summed E-state index contributed by atoms with van der Waals surface area (Å²) in [5, 5.41) is 8.99. The van der Waals surface area contributed by atoms with Crippen LogP contribution in [0.25, 0.3) is 5.65 Å². The van der Waals surface area contributed by atoms with Crippen LogP contribution in [0.2, 0.25) is 5.02 Å². The van der Waals surface area contributed by atoms with E-state index in [4.69, 9.17) is 11.6 Å². The van der Waals surface area contributed by atoms with Crippen molar-refractivity contribution < 1.29 is 4.79 Å². The standard InChI is InChI=1S/C14H14BrClN6O/c1-3-21-12(10(16)6-18-21)8-20(2)14(23)11-4-13-17-5-9(15)7-22(13)19-11/h4-7H,3,8H2,1-2H3. The number of nitrogens with zero attached hydrogens (tertiary/aromatic N) is 6. The average Bonchev–Trinajstić information content (AvgIpc) is 3.10. The second-order valence-corrected chi connectivity index (χ2v) is 6.34. The Morgan fingerprint density at radius 2 is 2.22 bits per heavy atom. The number of carbonyl (C=O) groups excluding carboxylic acids is 1. The Bertz CT molecular complexity index is 873. The van der Waals surface area contributed by atoms with E-state index in [1.54, 1.807) is 45.8 Å². The highest BCUT2D eigenvalue weighted by molar-refractivity contribution is 9.10. The van der Waals surface area contributed by atoms with Crippen molar-refractivity contribution in [3.8, 4) is 0 Å². The van der Waals surface area contributed by atoms with Gasteiger partial charge in [-0.1, -0.05) is 11.6 Å². The highest BCUT2D eigenvalue weighted by Crippen LogP contribution is 2.18. The van der Waals surface area contributed by atoms with Crippen LogP contribution >= 0.6 is 27.5 Å². The Morgan fingerprint density at radius 3 is 2.96 bits per heavy atom. The molecule has 3 rings (SSSR count). The molecule has 0 aromatic carbocycles. The van der Waals surface area contributed by atoms with Gasteiger partial charge >= 0.3 is 0 Å². The number of hydrogen-bond donors (Lipinski definition) is 0.